The van der Waals surface area contributed by atoms with Crippen LogP contribution in [-0.4, -0.2) is 39.6 Å². The van der Waals surface area contributed by atoms with Gasteiger partial charge in [-0.15, -0.1) is 0 Å². The van der Waals surface area contributed by atoms with Crippen LogP contribution >= 0.6 is 0 Å². The van der Waals surface area contributed by atoms with Crippen molar-refractivity contribution in [3.8, 4) is 0 Å². The highest BCUT2D eigenvalue weighted by molar-refractivity contribution is 7.89. The van der Waals surface area contributed by atoms with Gasteiger partial charge >= 0.3 is 0 Å². The number of nitrogens with two attached hydrogens (primary N) is 1. The number of benzene rings is 2. The van der Waals surface area contributed by atoms with Crippen molar-refractivity contribution in [1.82, 2.24) is 4.31 Å². The first-order chi connectivity index (χ1) is 14.0. The van der Waals surface area contributed by atoms with Gasteiger partial charge in [0.2, 0.25) is 26.0 Å². The standard InChI is InChI=1S/C20H25N3O5S2/c1-3-15-8-9-16(13-19(15)29(21,25)26)22-20(24)18-5-4-12-23(18)30(27,28)17-10-6-14(2)7-11-17/h6-11,13,18H,3-5,12H2,1-2H3,(H,22,24)(H2,21,25,26)/t18-/m0/s1. The third-order valence-corrected chi connectivity index (χ3v) is 8.07. The van der Waals surface area contributed by atoms with E-state index < -0.39 is 32.0 Å². The molecule has 0 bridgehead atoms. The zero-order chi connectivity index (χ0) is 22.1. The molecule has 1 heterocycles. The van der Waals surface area contributed by atoms with Crippen LogP contribution in [0.15, 0.2) is 52.3 Å². The predicted octanol–water partition coefficient (Wildman–Crippen LogP) is 2.00. The Morgan fingerprint density at radius 2 is 1.80 bits per heavy atom. The molecule has 30 heavy (non-hydrogen) atoms. The summed E-state index contributed by atoms with van der Waals surface area (Å²) in [5.74, 6) is -0.507. The molecule has 3 N–H and O–H groups in total. The molecule has 1 fully saturated rings. The number of anilines is 1. The van der Waals surface area contributed by atoms with Gasteiger partial charge in [0.05, 0.1) is 9.79 Å². The molecule has 1 amide bonds. The van der Waals surface area contributed by atoms with E-state index in [-0.39, 0.29) is 22.0 Å². The third-order valence-electron chi connectivity index (χ3n) is 5.16. The van der Waals surface area contributed by atoms with E-state index in [1.807, 2.05) is 6.92 Å². The van der Waals surface area contributed by atoms with Crippen LogP contribution in [0.1, 0.15) is 30.9 Å². The maximum Gasteiger partial charge on any atom is 0.243 e. The summed E-state index contributed by atoms with van der Waals surface area (Å²) in [7, 11) is -7.78. The number of aryl methyl sites for hydroxylation is 2. The van der Waals surface area contributed by atoms with Crippen molar-refractivity contribution in [2.45, 2.75) is 48.9 Å². The summed E-state index contributed by atoms with van der Waals surface area (Å²) in [4.78, 5) is 13.0. The summed E-state index contributed by atoms with van der Waals surface area (Å²) < 4.78 is 51.0. The van der Waals surface area contributed by atoms with Gasteiger partial charge in [-0.1, -0.05) is 30.7 Å². The monoisotopic (exact) mass is 451 g/mol. The largest absolute Gasteiger partial charge is 0.325 e. The summed E-state index contributed by atoms with van der Waals surface area (Å²) in [6.07, 6.45) is 1.40. The zero-order valence-corrected chi connectivity index (χ0v) is 18.5. The summed E-state index contributed by atoms with van der Waals surface area (Å²) in [6, 6.07) is 10.1. The van der Waals surface area contributed by atoms with Crippen molar-refractivity contribution in [3.63, 3.8) is 0 Å². The zero-order valence-electron chi connectivity index (χ0n) is 16.8. The van der Waals surface area contributed by atoms with Crippen molar-refractivity contribution >= 4 is 31.6 Å². The van der Waals surface area contributed by atoms with Crippen LogP contribution in [0.2, 0.25) is 0 Å². The summed E-state index contributed by atoms with van der Waals surface area (Å²) in [5.41, 5.74) is 1.73. The summed E-state index contributed by atoms with van der Waals surface area (Å²) in [6.45, 7) is 3.90. The molecule has 0 spiro atoms. The van der Waals surface area contributed by atoms with E-state index >= 15 is 0 Å². The average molecular weight is 452 g/mol. The van der Waals surface area contributed by atoms with E-state index in [0.717, 1.165) is 5.56 Å². The molecule has 0 aliphatic carbocycles. The molecule has 162 valence electrons. The maximum atomic E-state index is 13.0. The van der Waals surface area contributed by atoms with E-state index in [1.54, 1.807) is 31.2 Å². The fourth-order valence-electron chi connectivity index (χ4n) is 3.55. The van der Waals surface area contributed by atoms with Gasteiger partial charge in [0, 0.05) is 12.2 Å². The molecule has 0 aromatic heterocycles. The van der Waals surface area contributed by atoms with Gasteiger partial charge in [0.25, 0.3) is 0 Å². The number of nitrogens with one attached hydrogen (secondary N) is 1. The molecule has 0 saturated carbocycles. The minimum Gasteiger partial charge on any atom is -0.325 e. The second-order valence-corrected chi connectivity index (χ2v) is 10.7. The lowest BCUT2D eigenvalue weighted by atomic mass is 10.1. The number of carbonyl (C=O) groups is 1. The quantitative estimate of drug-likeness (QED) is 0.694. The summed E-state index contributed by atoms with van der Waals surface area (Å²) >= 11 is 0. The molecule has 2 aromatic rings. The molecule has 10 heteroatoms. The Hall–Kier alpha value is -2.27. The fourth-order valence-corrected chi connectivity index (χ4v) is 6.08. The van der Waals surface area contributed by atoms with E-state index in [1.165, 1.54) is 22.5 Å². The molecular formula is C20H25N3O5S2. The average Bonchev–Trinajstić information content (AvgIpc) is 3.18. The number of hydrogen-bond acceptors (Lipinski definition) is 5. The Bertz CT molecular complexity index is 1160. The van der Waals surface area contributed by atoms with E-state index in [4.69, 9.17) is 5.14 Å². The molecule has 1 saturated heterocycles. The number of carbonyl (C=O) groups excluding carboxylic acids is 1. The Morgan fingerprint density at radius 3 is 2.40 bits per heavy atom. The van der Waals surface area contributed by atoms with Crippen molar-refractivity contribution in [1.29, 1.82) is 0 Å². The van der Waals surface area contributed by atoms with Gasteiger partial charge in [-0.2, -0.15) is 4.31 Å². The molecule has 1 atom stereocenters. The number of primary sulfonamides is 1. The molecular weight excluding hydrogens is 426 g/mol. The topological polar surface area (TPSA) is 127 Å². The van der Waals surface area contributed by atoms with Gasteiger partial charge < -0.3 is 5.32 Å². The highest BCUT2D eigenvalue weighted by Gasteiger charge is 2.39. The summed E-state index contributed by atoms with van der Waals surface area (Å²) in [5, 5.41) is 7.93. The number of rotatable bonds is 6. The Morgan fingerprint density at radius 1 is 1.13 bits per heavy atom. The van der Waals surface area contributed by atoms with Crippen LogP contribution in [-0.2, 0) is 31.3 Å². The maximum absolute atomic E-state index is 13.0. The predicted molar refractivity (Wildman–Crippen MR) is 114 cm³/mol. The minimum absolute atomic E-state index is 0.0571. The number of sulfonamides is 2. The van der Waals surface area contributed by atoms with Gasteiger partial charge in [-0.05, 0) is 56.0 Å². The van der Waals surface area contributed by atoms with Gasteiger partial charge in [0.1, 0.15) is 6.04 Å². The molecule has 3 rings (SSSR count). The number of hydrogen-bond donors (Lipinski definition) is 2. The normalized spacial score (nSPS) is 17.8. The van der Waals surface area contributed by atoms with Crippen molar-refractivity contribution in [2.24, 2.45) is 5.14 Å². The Kier molecular flexibility index (Phi) is 6.32. The number of amides is 1. The smallest absolute Gasteiger partial charge is 0.243 e. The Balaban J connectivity index is 1.85. The molecule has 1 aliphatic rings. The SMILES string of the molecule is CCc1ccc(NC(=O)[C@@H]2CCCN2S(=O)(=O)c2ccc(C)cc2)cc1S(N)(=O)=O. The molecule has 0 radical (unpaired) electrons. The minimum atomic E-state index is -3.95. The first-order valence-corrected chi connectivity index (χ1v) is 12.6. The third kappa shape index (κ3) is 4.56. The lowest BCUT2D eigenvalue weighted by Crippen LogP contribution is -2.43. The van der Waals surface area contributed by atoms with Crippen LogP contribution in [0.4, 0.5) is 5.69 Å². The van der Waals surface area contributed by atoms with Crippen LogP contribution < -0.4 is 10.5 Å². The molecule has 0 unspecified atom stereocenters. The van der Waals surface area contributed by atoms with Crippen LogP contribution in [0.5, 0.6) is 0 Å². The van der Waals surface area contributed by atoms with Crippen molar-refractivity contribution in [3.05, 3.63) is 53.6 Å². The van der Waals surface area contributed by atoms with Crippen molar-refractivity contribution in [2.75, 3.05) is 11.9 Å². The second-order valence-electron chi connectivity index (χ2n) is 7.30. The fraction of sp³-hybridized carbons (Fsp3) is 0.350. The molecule has 8 nitrogen and oxygen atoms in total. The molecule has 1 aliphatic heterocycles. The first kappa shape index (κ1) is 22.4. The lowest BCUT2D eigenvalue weighted by Gasteiger charge is -2.23. The van der Waals surface area contributed by atoms with E-state index in [2.05, 4.69) is 5.32 Å². The number of nitrogens with zero attached hydrogens (tertiary/aromatic N) is 1. The highest BCUT2D eigenvalue weighted by atomic mass is 32.2. The van der Waals surface area contributed by atoms with Gasteiger partial charge in [-0.25, -0.2) is 22.0 Å². The van der Waals surface area contributed by atoms with Crippen LogP contribution in [0.25, 0.3) is 0 Å². The highest BCUT2D eigenvalue weighted by Crippen LogP contribution is 2.28. The lowest BCUT2D eigenvalue weighted by molar-refractivity contribution is -0.119. The van der Waals surface area contributed by atoms with Crippen molar-refractivity contribution < 1.29 is 21.6 Å². The van der Waals surface area contributed by atoms with Crippen LogP contribution in [0.3, 0.4) is 0 Å². The van der Waals surface area contributed by atoms with Crippen LogP contribution in [0, 0.1) is 6.92 Å². The second kappa shape index (κ2) is 8.46. The van der Waals surface area contributed by atoms with Gasteiger partial charge in [-0.3, -0.25) is 4.79 Å². The Labute approximate surface area is 177 Å². The van der Waals surface area contributed by atoms with E-state index in [0.29, 0.717) is 24.8 Å². The van der Waals surface area contributed by atoms with E-state index in [9.17, 15) is 21.6 Å². The van der Waals surface area contributed by atoms with Gasteiger partial charge in [0.15, 0.2) is 0 Å². The molecule has 2 aromatic carbocycles. The first-order valence-electron chi connectivity index (χ1n) is 9.59.